The molecular formula is C18H23N3O2. The molecule has 2 aromatic rings. The minimum absolute atomic E-state index is 0.156. The number of fused-ring (bicyclic) bond motifs is 1. The molecule has 0 saturated carbocycles. The van der Waals surface area contributed by atoms with Crippen molar-refractivity contribution in [2.45, 2.75) is 25.5 Å². The van der Waals surface area contributed by atoms with Crippen LogP contribution in [0.15, 0.2) is 30.5 Å². The van der Waals surface area contributed by atoms with Gasteiger partial charge in [0.25, 0.3) is 0 Å². The van der Waals surface area contributed by atoms with Crippen LogP contribution in [0.4, 0.5) is 0 Å². The van der Waals surface area contributed by atoms with Gasteiger partial charge in [0.05, 0.1) is 12.3 Å². The van der Waals surface area contributed by atoms with Gasteiger partial charge in [0.15, 0.2) is 0 Å². The zero-order valence-corrected chi connectivity index (χ0v) is 13.5. The third kappa shape index (κ3) is 2.99. The summed E-state index contributed by atoms with van der Waals surface area (Å²) in [5.74, 6) is 1.55. The molecule has 1 aromatic heterocycles. The first-order valence-electron chi connectivity index (χ1n) is 8.36. The maximum absolute atomic E-state index is 5.94. The molecule has 4 rings (SSSR count). The fourth-order valence-corrected chi connectivity index (χ4v) is 3.58. The van der Waals surface area contributed by atoms with Crippen LogP contribution >= 0.6 is 0 Å². The summed E-state index contributed by atoms with van der Waals surface area (Å²) >= 11 is 0. The Bertz CT molecular complexity index is 683. The first-order chi connectivity index (χ1) is 11.3. The van der Waals surface area contributed by atoms with Crippen molar-refractivity contribution >= 4 is 0 Å². The van der Waals surface area contributed by atoms with Crippen molar-refractivity contribution in [2.24, 2.45) is 13.0 Å². The van der Waals surface area contributed by atoms with Crippen LogP contribution in [-0.4, -0.2) is 29.5 Å². The standard InChI is InChI=1S/C18H23N3O2/c1-21-16(4-7-20-21)18-15(6-9-23-18)12-19-11-13-2-3-17-14(10-13)5-8-22-17/h2-4,7,10,15,18-19H,5-6,8-9,11-12H2,1H3/t15-,18+/m0/s1. The zero-order valence-electron chi connectivity index (χ0n) is 13.5. The van der Waals surface area contributed by atoms with Crippen LogP contribution < -0.4 is 10.1 Å². The number of rotatable bonds is 5. The highest BCUT2D eigenvalue weighted by Gasteiger charge is 2.31. The summed E-state index contributed by atoms with van der Waals surface area (Å²) in [5.41, 5.74) is 3.83. The first kappa shape index (κ1) is 14.7. The van der Waals surface area contributed by atoms with Gasteiger partial charge in [-0.05, 0) is 29.7 Å². The van der Waals surface area contributed by atoms with E-state index < -0.39 is 0 Å². The Kier molecular flexibility index (Phi) is 4.06. The van der Waals surface area contributed by atoms with Crippen LogP contribution in [0.25, 0.3) is 0 Å². The molecule has 0 bridgehead atoms. The summed E-state index contributed by atoms with van der Waals surface area (Å²) < 4.78 is 13.4. The lowest BCUT2D eigenvalue weighted by Gasteiger charge is -2.19. The first-order valence-corrected chi connectivity index (χ1v) is 8.36. The van der Waals surface area contributed by atoms with Gasteiger partial charge in [0.2, 0.25) is 0 Å². The molecule has 3 heterocycles. The summed E-state index contributed by atoms with van der Waals surface area (Å²) in [6, 6.07) is 8.57. The van der Waals surface area contributed by atoms with Crippen LogP contribution in [0, 0.1) is 5.92 Å². The average Bonchev–Trinajstić information content (AvgIpc) is 3.27. The number of nitrogens with one attached hydrogen (secondary N) is 1. The van der Waals surface area contributed by atoms with Gasteiger partial charge in [-0.2, -0.15) is 5.10 Å². The Balaban J connectivity index is 1.35. The smallest absolute Gasteiger partial charge is 0.122 e. The van der Waals surface area contributed by atoms with E-state index in [-0.39, 0.29) is 6.10 Å². The lowest BCUT2D eigenvalue weighted by molar-refractivity contribution is 0.0838. The number of benzene rings is 1. The molecule has 0 unspecified atom stereocenters. The molecule has 5 heteroatoms. The van der Waals surface area contributed by atoms with Gasteiger partial charge >= 0.3 is 0 Å². The molecule has 2 aliphatic heterocycles. The summed E-state index contributed by atoms with van der Waals surface area (Å²) in [7, 11) is 1.98. The topological polar surface area (TPSA) is 48.3 Å². The van der Waals surface area contributed by atoms with E-state index in [0.29, 0.717) is 5.92 Å². The quantitative estimate of drug-likeness (QED) is 0.919. The Labute approximate surface area is 136 Å². The number of nitrogens with zero attached hydrogens (tertiary/aromatic N) is 2. The van der Waals surface area contributed by atoms with Crippen molar-refractivity contribution in [1.29, 1.82) is 0 Å². The Morgan fingerprint density at radius 3 is 3.13 bits per heavy atom. The summed E-state index contributed by atoms with van der Waals surface area (Å²) in [4.78, 5) is 0. The molecule has 1 N–H and O–H groups in total. The Morgan fingerprint density at radius 1 is 1.30 bits per heavy atom. The number of aryl methyl sites for hydroxylation is 1. The van der Waals surface area contributed by atoms with Gasteiger partial charge in [-0.15, -0.1) is 0 Å². The molecule has 23 heavy (non-hydrogen) atoms. The molecule has 0 radical (unpaired) electrons. The Hall–Kier alpha value is -1.85. The van der Waals surface area contributed by atoms with Gasteiger partial charge in [0, 0.05) is 45.3 Å². The van der Waals surface area contributed by atoms with Crippen LogP contribution in [-0.2, 0) is 24.8 Å². The van der Waals surface area contributed by atoms with E-state index in [9.17, 15) is 0 Å². The van der Waals surface area contributed by atoms with Crippen molar-refractivity contribution in [2.75, 3.05) is 19.8 Å². The van der Waals surface area contributed by atoms with E-state index in [1.54, 1.807) is 0 Å². The lowest BCUT2D eigenvalue weighted by Crippen LogP contribution is -2.25. The Morgan fingerprint density at radius 2 is 2.26 bits per heavy atom. The van der Waals surface area contributed by atoms with Crippen molar-refractivity contribution in [3.63, 3.8) is 0 Å². The number of hydrogen-bond donors (Lipinski definition) is 1. The summed E-state index contributed by atoms with van der Waals surface area (Å²) in [5, 5.41) is 7.86. The molecule has 1 fully saturated rings. The van der Waals surface area contributed by atoms with E-state index in [1.165, 1.54) is 16.8 Å². The van der Waals surface area contributed by atoms with Crippen molar-refractivity contribution in [3.05, 3.63) is 47.3 Å². The molecule has 1 saturated heterocycles. The highest BCUT2D eigenvalue weighted by Crippen LogP contribution is 2.33. The van der Waals surface area contributed by atoms with Gasteiger partial charge in [-0.25, -0.2) is 0 Å². The van der Waals surface area contributed by atoms with Crippen LogP contribution in [0.2, 0.25) is 0 Å². The highest BCUT2D eigenvalue weighted by atomic mass is 16.5. The zero-order chi connectivity index (χ0) is 15.6. The van der Waals surface area contributed by atoms with E-state index in [1.807, 2.05) is 17.9 Å². The molecule has 2 aliphatic rings. The third-order valence-corrected chi connectivity index (χ3v) is 4.85. The number of ether oxygens (including phenoxy) is 2. The molecule has 0 aliphatic carbocycles. The van der Waals surface area contributed by atoms with Crippen LogP contribution in [0.3, 0.4) is 0 Å². The van der Waals surface area contributed by atoms with Gasteiger partial charge in [-0.1, -0.05) is 12.1 Å². The number of hydrogen-bond acceptors (Lipinski definition) is 4. The molecule has 2 atom stereocenters. The van der Waals surface area contributed by atoms with Crippen molar-refractivity contribution in [1.82, 2.24) is 15.1 Å². The second-order valence-corrected chi connectivity index (χ2v) is 6.39. The number of aromatic nitrogens is 2. The van der Waals surface area contributed by atoms with Crippen molar-refractivity contribution < 1.29 is 9.47 Å². The van der Waals surface area contributed by atoms with E-state index in [2.05, 4.69) is 34.7 Å². The minimum Gasteiger partial charge on any atom is -0.493 e. The van der Waals surface area contributed by atoms with Crippen LogP contribution in [0.1, 0.15) is 29.3 Å². The molecule has 0 amide bonds. The normalized spacial score (nSPS) is 23.0. The van der Waals surface area contributed by atoms with Gasteiger partial charge in [-0.3, -0.25) is 4.68 Å². The van der Waals surface area contributed by atoms with Crippen molar-refractivity contribution in [3.8, 4) is 5.75 Å². The third-order valence-electron chi connectivity index (χ3n) is 4.85. The monoisotopic (exact) mass is 313 g/mol. The molecule has 5 nitrogen and oxygen atoms in total. The summed E-state index contributed by atoms with van der Waals surface area (Å²) in [6.07, 6.45) is 4.13. The van der Waals surface area contributed by atoms with E-state index in [4.69, 9.17) is 9.47 Å². The maximum atomic E-state index is 5.94. The lowest BCUT2D eigenvalue weighted by atomic mass is 9.98. The molecule has 1 aromatic carbocycles. The van der Waals surface area contributed by atoms with E-state index in [0.717, 1.165) is 44.9 Å². The molecular weight excluding hydrogens is 290 g/mol. The van der Waals surface area contributed by atoms with E-state index >= 15 is 0 Å². The maximum Gasteiger partial charge on any atom is 0.122 e. The predicted octanol–water partition coefficient (Wildman–Crippen LogP) is 2.22. The molecule has 0 spiro atoms. The summed E-state index contributed by atoms with van der Waals surface area (Å²) in [6.45, 7) is 3.50. The fraction of sp³-hybridized carbons (Fsp3) is 0.500. The molecule has 122 valence electrons. The minimum atomic E-state index is 0.156. The fourth-order valence-electron chi connectivity index (χ4n) is 3.58. The second kappa shape index (κ2) is 6.34. The average molecular weight is 313 g/mol. The van der Waals surface area contributed by atoms with Gasteiger partial charge < -0.3 is 14.8 Å². The second-order valence-electron chi connectivity index (χ2n) is 6.39. The van der Waals surface area contributed by atoms with Crippen LogP contribution in [0.5, 0.6) is 5.75 Å². The van der Waals surface area contributed by atoms with Gasteiger partial charge in [0.1, 0.15) is 11.9 Å². The SMILES string of the molecule is Cn1nccc1[C@@H]1OCC[C@H]1CNCc1ccc2c(c1)CCO2. The predicted molar refractivity (Wildman–Crippen MR) is 87.4 cm³/mol. The highest BCUT2D eigenvalue weighted by molar-refractivity contribution is 5.39. The largest absolute Gasteiger partial charge is 0.493 e.